The van der Waals surface area contributed by atoms with Crippen LogP contribution in [-0.2, 0) is 6.42 Å². The van der Waals surface area contributed by atoms with E-state index >= 15 is 0 Å². The second kappa shape index (κ2) is 3.18. The summed E-state index contributed by atoms with van der Waals surface area (Å²) in [4.78, 5) is 0. The molecule has 1 nitrogen and oxygen atoms in total. The van der Waals surface area contributed by atoms with E-state index < -0.39 is 0 Å². The molecule has 1 heterocycles. The number of nitrogens with one attached hydrogen (secondary N) is 1. The molecule has 0 aromatic heterocycles. The molecule has 1 aliphatic rings. The molecule has 1 radical (unpaired) electrons. The van der Waals surface area contributed by atoms with Crippen LogP contribution in [0.2, 0.25) is 0 Å². The average molecular weight is 160 g/mol. The second-order valence-electron chi connectivity index (χ2n) is 3.43. The summed E-state index contributed by atoms with van der Waals surface area (Å²) in [6.07, 6.45) is 2.48. The van der Waals surface area contributed by atoms with Crippen LogP contribution in [0, 0.1) is 12.0 Å². The Morgan fingerprint density at radius 3 is 3.42 bits per heavy atom. The third-order valence-electron chi connectivity index (χ3n) is 2.60. The third kappa shape index (κ3) is 1.31. The molecule has 0 spiro atoms. The van der Waals surface area contributed by atoms with Crippen molar-refractivity contribution in [1.82, 2.24) is 0 Å². The Balaban J connectivity index is 2.23. The van der Waals surface area contributed by atoms with Crippen LogP contribution in [0.5, 0.6) is 0 Å². The van der Waals surface area contributed by atoms with Crippen molar-refractivity contribution in [2.45, 2.75) is 19.8 Å². The first-order chi connectivity index (χ1) is 5.90. The first-order valence-electron chi connectivity index (χ1n) is 4.63. The molecule has 63 valence electrons. The number of rotatable bonds is 1. The molecule has 0 aliphatic carbocycles. The van der Waals surface area contributed by atoms with Crippen LogP contribution in [0.15, 0.2) is 18.2 Å². The fraction of sp³-hybridized carbons (Fsp3) is 0.455. The lowest BCUT2D eigenvalue weighted by molar-refractivity contribution is 0.520. The number of benzene rings is 1. The smallest absolute Gasteiger partial charge is 0.0453 e. The third-order valence-corrected chi connectivity index (χ3v) is 2.60. The Morgan fingerprint density at radius 2 is 2.58 bits per heavy atom. The standard InChI is InChI=1S/C11H14N/c1-2-9-7-10-5-3-4-6-11(10)12-8-9/h3-5,9,12H,2,7-8H2,1H3. The zero-order valence-electron chi connectivity index (χ0n) is 7.43. The first kappa shape index (κ1) is 7.66. The molecule has 0 bridgehead atoms. The molecule has 0 saturated heterocycles. The van der Waals surface area contributed by atoms with E-state index in [2.05, 4.69) is 30.4 Å². The minimum Gasteiger partial charge on any atom is -0.384 e. The van der Waals surface area contributed by atoms with Crippen molar-refractivity contribution in [2.24, 2.45) is 5.92 Å². The number of fused-ring (bicyclic) bond motifs is 1. The first-order valence-corrected chi connectivity index (χ1v) is 4.63. The van der Waals surface area contributed by atoms with Crippen molar-refractivity contribution in [3.63, 3.8) is 0 Å². The quantitative estimate of drug-likeness (QED) is 0.665. The maximum absolute atomic E-state index is 3.41. The van der Waals surface area contributed by atoms with Crippen LogP contribution in [-0.4, -0.2) is 6.54 Å². The SMILES string of the molecule is CCC1CNc2[c]cccc2C1. The van der Waals surface area contributed by atoms with Gasteiger partial charge >= 0.3 is 0 Å². The maximum Gasteiger partial charge on any atom is 0.0453 e. The minimum absolute atomic E-state index is 0.813. The molecular weight excluding hydrogens is 146 g/mol. The molecule has 0 saturated carbocycles. The van der Waals surface area contributed by atoms with Gasteiger partial charge in [0.25, 0.3) is 0 Å². The predicted octanol–water partition coefficient (Wildman–Crippen LogP) is 2.48. The summed E-state index contributed by atoms with van der Waals surface area (Å²) in [5.74, 6) is 0.813. The molecule has 1 unspecified atom stereocenters. The average Bonchev–Trinajstić information content (AvgIpc) is 2.17. The topological polar surface area (TPSA) is 12.0 Å². The molecule has 0 fully saturated rings. The van der Waals surface area contributed by atoms with Gasteiger partial charge in [0.1, 0.15) is 0 Å². The van der Waals surface area contributed by atoms with E-state index in [-0.39, 0.29) is 0 Å². The highest BCUT2D eigenvalue weighted by Crippen LogP contribution is 2.24. The monoisotopic (exact) mass is 160 g/mol. The highest BCUT2D eigenvalue weighted by atomic mass is 14.9. The van der Waals surface area contributed by atoms with Gasteiger partial charge < -0.3 is 5.32 Å². The van der Waals surface area contributed by atoms with Gasteiger partial charge in [-0.2, -0.15) is 0 Å². The summed E-state index contributed by atoms with van der Waals surface area (Å²) in [5, 5.41) is 3.41. The Morgan fingerprint density at radius 1 is 1.67 bits per heavy atom. The van der Waals surface area contributed by atoms with Gasteiger partial charge in [-0.05, 0) is 17.9 Å². The van der Waals surface area contributed by atoms with E-state index in [9.17, 15) is 0 Å². The van der Waals surface area contributed by atoms with E-state index in [0.29, 0.717) is 0 Å². The van der Waals surface area contributed by atoms with Gasteiger partial charge in [0.2, 0.25) is 0 Å². The lowest BCUT2D eigenvalue weighted by atomic mass is 9.92. The van der Waals surface area contributed by atoms with E-state index in [1.807, 2.05) is 6.07 Å². The van der Waals surface area contributed by atoms with Crippen molar-refractivity contribution < 1.29 is 0 Å². The fourth-order valence-electron chi connectivity index (χ4n) is 1.72. The van der Waals surface area contributed by atoms with E-state index in [1.165, 1.54) is 24.1 Å². The van der Waals surface area contributed by atoms with Crippen LogP contribution in [0.3, 0.4) is 0 Å². The molecule has 1 aromatic carbocycles. The number of anilines is 1. The predicted molar refractivity (Wildman–Crippen MR) is 51.3 cm³/mol. The summed E-state index contributed by atoms with van der Waals surface area (Å²) >= 11 is 0. The number of hydrogen-bond donors (Lipinski definition) is 1. The van der Waals surface area contributed by atoms with Crippen molar-refractivity contribution in [2.75, 3.05) is 11.9 Å². The Kier molecular flexibility index (Phi) is 2.03. The van der Waals surface area contributed by atoms with Crippen molar-refractivity contribution in [3.05, 3.63) is 29.8 Å². The molecule has 1 heteroatoms. The van der Waals surface area contributed by atoms with E-state index in [4.69, 9.17) is 0 Å². The zero-order chi connectivity index (χ0) is 8.39. The van der Waals surface area contributed by atoms with Crippen molar-refractivity contribution in [3.8, 4) is 0 Å². The van der Waals surface area contributed by atoms with Gasteiger partial charge in [-0.3, -0.25) is 0 Å². The normalized spacial score (nSPS) is 21.2. The molecule has 1 aliphatic heterocycles. The molecule has 1 atom stereocenters. The van der Waals surface area contributed by atoms with Gasteiger partial charge in [-0.1, -0.05) is 31.5 Å². The van der Waals surface area contributed by atoms with Gasteiger partial charge in [-0.25, -0.2) is 0 Å². The fourth-order valence-corrected chi connectivity index (χ4v) is 1.72. The minimum atomic E-state index is 0.813. The van der Waals surface area contributed by atoms with Crippen molar-refractivity contribution >= 4 is 5.69 Å². The van der Waals surface area contributed by atoms with Crippen LogP contribution in [0.4, 0.5) is 5.69 Å². The van der Waals surface area contributed by atoms with Gasteiger partial charge in [-0.15, -0.1) is 0 Å². The number of para-hydroxylation sites is 1. The van der Waals surface area contributed by atoms with E-state index in [0.717, 1.165) is 12.5 Å². The Hall–Kier alpha value is -0.980. The lowest BCUT2D eigenvalue weighted by Crippen LogP contribution is -2.22. The molecular formula is C11H14N. The Bertz CT molecular complexity index is 267. The Labute approximate surface area is 73.8 Å². The van der Waals surface area contributed by atoms with E-state index in [1.54, 1.807) is 0 Å². The summed E-state index contributed by atoms with van der Waals surface area (Å²) < 4.78 is 0. The molecule has 0 amide bonds. The molecule has 1 aromatic rings. The summed E-state index contributed by atoms with van der Waals surface area (Å²) in [5.41, 5.74) is 2.64. The molecule has 2 rings (SSSR count). The highest BCUT2D eigenvalue weighted by Gasteiger charge is 2.15. The largest absolute Gasteiger partial charge is 0.384 e. The van der Waals surface area contributed by atoms with Crippen LogP contribution in [0.25, 0.3) is 0 Å². The van der Waals surface area contributed by atoms with Gasteiger partial charge in [0.05, 0.1) is 0 Å². The zero-order valence-corrected chi connectivity index (χ0v) is 7.43. The highest BCUT2D eigenvalue weighted by molar-refractivity contribution is 5.52. The van der Waals surface area contributed by atoms with Gasteiger partial charge in [0.15, 0.2) is 0 Å². The summed E-state index contributed by atoms with van der Waals surface area (Å²) in [7, 11) is 0. The second-order valence-corrected chi connectivity index (χ2v) is 3.43. The summed E-state index contributed by atoms with van der Waals surface area (Å²) in [6, 6.07) is 9.46. The summed E-state index contributed by atoms with van der Waals surface area (Å²) in [6.45, 7) is 3.37. The van der Waals surface area contributed by atoms with Crippen LogP contribution < -0.4 is 5.32 Å². The van der Waals surface area contributed by atoms with Gasteiger partial charge in [0, 0.05) is 18.3 Å². The molecule has 1 N–H and O–H groups in total. The van der Waals surface area contributed by atoms with Crippen molar-refractivity contribution in [1.29, 1.82) is 0 Å². The number of hydrogen-bond acceptors (Lipinski definition) is 1. The lowest BCUT2D eigenvalue weighted by Gasteiger charge is -2.24. The molecule has 12 heavy (non-hydrogen) atoms. The van der Waals surface area contributed by atoms with Crippen LogP contribution >= 0.6 is 0 Å². The maximum atomic E-state index is 3.41. The van der Waals surface area contributed by atoms with Crippen LogP contribution in [0.1, 0.15) is 18.9 Å².